The molecule has 0 aromatic carbocycles. The normalized spacial score (nSPS) is 12.9. The quantitative estimate of drug-likeness (QED) is 0.0320. The fraction of sp³-hybridized carbons (Fsp3) is 0.853. The highest BCUT2D eigenvalue weighted by atomic mass is 16.5. The summed E-state index contributed by atoms with van der Waals surface area (Å²) in [7, 11) is 0. The zero-order chi connectivity index (χ0) is 53.6. The second-order valence-electron chi connectivity index (χ2n) is 22.4. The number of carbonyl (C=O) groups excluding carboxylic acids is 2. The number of nitrogens with one attached hydrogen (secondary N) is 1. The van der Waals surface area contributed by atoms with Gasteiger partial charge in [0.25, 0.3) is 0 Å². The number of allylic oxidation sites excluding steroid dienone is 7. The molecule has 0 spiro atoms. The van der Waals surface area contributed by atoms with Gasteiger partial charge in [-0.05, 0) is 89.9 Å². The van der Waals surface area contributed by atoms with Crippen molar-refractivity contribution in [2.45, 2.75) is 360 Å². The molecule has 0 aliphatic carbocycles. The van der Waals surface area contributed by atoms with Crippen LogP contribution in [-0.4, -0.2) is 47.4 Å². The molecule has 0 radical (unpaired) electrons. The summed E-state index contributed by atoms with van der Waals surface area (Å²) in [5.74, 6) is -0.0878. The third-order valence-electron chi connectivity index (χ3n) is 15.1. The molecule has 2 atom stereocenters. The Kier molecular flexibility index (Phi) is 61.5. The van der Waals surface area contributed by atoms with Crippen molar-refractivity contribution in [2.75, 3.05) is 13.2 Å². The Balaban J connectivity index is 3.48. The molecule has 6 heteroatoms. The maximum atomic E-state index is 12.5. The lowest BCUT2D eigenvalue weighted by atomic mass is 10.0. The monoisotopic (exact) mass is 1040 g/mol. The summed E-state index contributed by atoms with van der Waals surface area (Å²) in [4.78, 5) is 24.6. The second-order valence-corrected chi connectivity index (χ2v) is 22.4. The molecule has 6 nitrogen and oxygen atoms in total. The van der Waals surface area contributed by atoms with Crippen LogP contribution < -0.4 is 5.32 Å². The van der Waals surface area contributed by atoms with Gasteiger partial charge >= 0.3 is 5.97 Å². The van der Waals surface area contributed by atoms with Gasteiger partial charge < -0.3 is 20.3 Å². The van der Waals surface area contributed by atoms with Gasteiger partial charge in [0.05, 0.1) is 25.4 Å². The summed E-state index contributed by atoms with van der Waals surface area (Å²) in [5.41, 5.74) is 0. The van der Waals surface area contributed by atoms with Crippen LogP contribution >= 0.6 is 0 Å². The van der Waals surface area contributed by atoms with Crippen LogP contribution in [-0.2, 0) is 14.3 Å². The van der Waals surface area contributed by atoms with Gasteiger partial charge in [-0.1, -0.05) is 294 Å². The van der Waals surface area contributed by atoms with E-state index in [2.05, 4.69) is 55.6 Å². The van der Waals surface area contributed by atoms with E-state index in [0.717, 1.165) is 64.2 Å². The van der Waals surface area contributed by atoms with Crippen molar-refractivity contribution in [3.63, 3.8) is 0 Å². The molecule has 0 saturated heterocycles. The Morgan fingerprint density at radius 1 is 0.378 bits per heavy atom. The van der Waals surface area contributed by atoms with Gasteiger partial charge in [0, 0.05) is 12.8 Å². The third-order valence-corrected chi connectivity index (χ3v) is 15.1. The van der Waals surface area contributed by atoms with Gasteiger partial charge in [-0.3, -0.25) is 9.59 Å². The molecule has 0 bridgehead atoms. The van der Waals surface area contributed by atoms with Crippen molar-refractivity contribution < 1.29 is 24.5 Å². The van der Waals surface area contributed by atoms with Gasteiger partial charge in [0.15, 0.2) is 0 Å². The SMILES string of the molecule is CCCCCC/C=C\C/C=C\CCCCCCCCCC(=O)OCCCCCCCC/C=C\CCCCCCCCCC(=O)NC(CO)C(O)/C=C/CCCCCCCCCCCCCCCCCCCCCC. The van der Waals surface area contributed by atoms with Crippen molar-refractivity contribution in [1.82, 2.24) is 5.32 Å². The lowest BCUT2D eigenvalue weighted by Gasteiger charge is -2.20. The highest BCUT2D eigenvalue weighted by Crippen LogP contribution is 2.17. The standard InChI is InChI=1S/C68H127NO5/c1-3-5-7-9-11-13-15-17-19-21-23-24-25-26-28-32-36-40-44-48-52-56-60-66(71)65(64-70)69-67(72)61-57-53-49-45-41-37-33-29-27-31-35-39-43-47-51-55-59-63-74-68(73)62-58-54-50-46-42-38-34-30-22-20-18-16-14-12-10-8-6-4-2/h14,16,20,22,27,31,56,60,65-66,70-71H,3-13,15,17-19,21,23-26,28-30,32-55,57-59,61-64H2,1-2H3,(H,69,72)/b16-14-,22-20-,31-27-,60-56+. The van der Waals surface area contributed by atoms with E-state index < -0.39 is 12.1 Å². The molecule has 0 aliphatic rings. The van der Waals surface area contributed by atoms with E-state index in [-0.39, 0.29) is 18.5 Å². The number of rotatable bonds is 61. The number of carbonyl (C=O) groups is 2. The number of ether oxygens (including phenoxy) is 1. The molecule has 3 N–H and O–H groups in total. The van der Waals surface area contributed by atoms with Crippen molar-refractivity contribution in [2.24, 2.45) is 0 Å². The summed E-state index contributed by atoms with van der Waals surface area (Å²) in [6.07, 6.45) is 81.5. The second kappa shape index (κ2) is 63.4. The summed E-state index contributed by atoms with van der Waals surface area (Å²) < 4.78 is 5.48. The minimum Gasteiger partial charge on any atom is -0.466 e. The zero-order valence-corrected chi connectivity index (χ0v) is 49.6. The van der Waals surface area contributed by atoms with Crippen LogP contribution in [0.1, 0.15) is 348 Å². The number of amides is 1. The topological polar surface area (TPSA) is 95.9 Å². The van der Waals surface area contributed by atoms with E-state index in [9.17, 15) is 19.8 Å². The first-order valence-corrected chi connectivity index (χ1v) is 32.9. The first kappa shape index (κ1) is 71.8. The van der Waals surface area contributed by atoms with E-state index in [4.69, 9.17) is 4.74 Å². The van der Waals surface area contributed by atoms with Crippen LogP contribution in [0.5, 0.6) is 0 Å². The molecule has 0 heterocycles. The van der Waals surface area contributed by atoms with Gasteiger partial charge in [0.2, 0.25) is 5.91 Å². The smallest absolute Gasteiger partial charge is 0.305 e. The molecule has 0 fully saturated rings. The maximum absolute atomic E-state index is 12.5. The Morgan fingerprint density at radius 3 is 1.05 bits per heavy atom. The molecule has 434 valence electrons. The van der Waals surface area contributed by atoms with E-state index in [1.54, 1.807) is 6.08 Å². The van der Waals surface area contributed by atoms with Crippen LogP contribution in [0.4, 0.5) is 0 Å². The third kappa shape index (κ3) is 59.1. The lowest BCUT2D eigenvalue weighted by Crippen LogP contribution is -2.45. The largest absolute Gasteiger partial charge is 0.466 e. The molecular weight excluding hydrogens is 911 g/mol. The van der Waals surface area contributed by atoms with E-state index >= 15 is 0 Å². The zero-order valence-electron chi connectivity index (χ0n) is 49.6. The van der Waals surface area contributed by atoms with Crippen molar-refractivity contribution >= 4 is 11.9 Å². The molecule has 74 heavy (non-hydrogen) atoms. The Hall–Kier alpha value is -2.18. The molecule has 0 aliphatic heterocycles. The maximum Gasteiger partial charge on any atom is 0.305 e. The van der Waals surface area contributed by atoms with Crippen LogP contribution in [0.15, 0.2) is 48.6 Å². The van der Waals surface area contributed by atoms with Gasteiger partial charge in [-0.25, -0.2) is 0 Å². The Labute approximate surface area is 461 Å². The molecular formula is C68H127NO5. The van der Waals surface area contributed by atoms with Crippen molar-refractivity contribution in [3.8, 4) is 0 Å². The van der Waals surface area contributed by atoms with Crippen LogP contribution in [0, 0.1) is 0 Å². The summed E-state index contributed by atoms with van der Waals surface area (Å²) in [6, 6.07) is -0.639. The predicted molar refractivity (Wildman–Crippen MR) is 324 cm³/mol. The number of hydrogen-bond acceptors (Lipinski definition) is 5. The van der Waals surface area contributed by atoms with E-state index in [1.807, 2.05) is 6.08 Å². The molecule has 0 saturated carbocycles. The predicted octanol–water partition coefficient (Wildman–Crippen LogP) is 20.9. The minimum absolute atomic E-state index is 0.00987. The lowest BCUT2D eigenvalue weighted by molar-refractivity contribution is -0.143. The molecule has 0 rings (SSSR count). The number of esters is 1. The highest BCUT2D eigenvalue weighted by Gasteiger charge is 2.18. The Morgan fingerprint density at radius 2 is 0.676 bits per heavy atom. The number of hydrogen-bond donors (Lipinski definition) is 3. The average molecular weight is 1040 g/mol. The van der Waals surface area contributed by atoms with Crippen LogP contribution in [0.25, 0.3) is 0 Å². The van der Waals surface area contributed by atoms with Crippen LogP contribution in [0.3, 0.4) is 0 Å². The highest BCUT2D eigenvalue weighted by molar-refractivity contribution is 5.76. The fourth-order valence-electron chi connectivity index (χ4n) is 10.0. The van der Waals surface area contributed by atoms with Crippen molar-refractivity contribution in [3.05, 3.63) is 48.6 Å². The van der Waals surface area contributed by atoms with Crippen LogP contribution in [0.2, 0.25) is 0 Å². The van der Waals surface area contributed by atoms with Gasteiger partial charge in [-0.2, -0.15) is 0 Å². The van der Waals surface area contributed by atoms with Crippen molar-refractivity contribution in [1.29, 1.82) is 0 Å². The van der Waals surface area contributed by atoms with Gasteiger partial charge in [-0.15, -0.1) is 0 Å². The van der Waals surface area contributed by atoms with E-state index in [1.165, 1.54) is 257 Å². The minimum atomic E-state index is -0.855. The first-order valence-electron chi connectivity index (χ1n) is 32.9. The fourth-order valence-corrected chi connectivity index (χ4v) is 10.0. The summed E-state index contributed by atoms with van der Waals surface area (Å²) in [5, 5.41) is 23.2. The summed E-state index contributed by atoms with van der Waals surface area (Å²) >= 11 is 0. The van der Waals surface area contributed by atoms with E-state index in [0.29, 0.717) is 19.4 Å². The van der Waals surface area contributed by atoms with Gasteiger partial charge in [0.1, 0.15) is 0 Å². The molecule has 2 unspecified atom stereocenters. The first-order chi connectivity index (χ1) is 36.5. The number of unbranched alkanes of at least 4 members (excludes halogenated alkanes) is 44. The Bertz CT molecular complexity index is 1240. The molecule has 0 aromatic rings. The average Bonchev–Trinajstić information content (AvgIpc) is 3.40. The summed E-state index contributed by atoms with van der Waals surface area (Å²) in [6.45, 7) is 4.88. The number of aliphatic hydroxyl groups is 2. The number of aliphatic hydroxyl groups excluding tert-OH is 2. The molecule has 1 amide bonds. The molecule has 0 aromatic heterocycles.